The molecule has 0 aliphatic rings. The van der Waals surface area contributed by atoms with E-state index in [0.717, 1.165) is 22.5 Å². The lowest BCUT2D eigenvalue weighted by atomic mass is 10.2. The molecule has 3 nitrogen and oxygen atoms in total. The third-order valence-electron chi connectivity index (χ3n) is 2.90. The number of aromatic nitrogens is 2. The van der Waals surface area contributed by atoms with E-state index in [1.165, 1.54) is 0 Å². The van der Waals surface area contributed by atoms with Crippen LogP contribution in [0.4, 0.5) is 0 Å². The maximum absolute atomic E-state index is 9.13. The first-order valence-electron chi connectivity index (χ1n) is 5.71. The monoisotopic (exact) mass is 292 g/mol. The normalized spacial score (nSPS) is 11.1. The number of pyridine rings is 1. The largest absolute Gasteiger partial charge is 0.392 e. The van der Waals surface area contributed by atoms with Crippen LogP contribution in [0.3, 0.4) is 0 Å². The van der Waals surface area contributed by atoms with Crippen LogP contribution in [0.1, 0.15) is 5.56 Å². The van der Waals surface area contributed by atoms with Crippen LogP contribution >= 0.6 is 23.2 Å². The SMILES string of the molecule is OCc1ccc2nc(-c3ccc(Cl)cc3Cl)cn2c1. The van der Waals surface area contributed by atoms with Crippen molar-refractivity contribution in [1.82, 2.24) is 9.38 Å². The number of imidazole rings is 1. The molecular weight excluding hydrogens is 283 g/mol. The zero-order chi connectivity index (χ0) is 13.4. The number of aliphatic hydroxyl groups excluding tert-OH is 1. The van der Waals surface area contributed by atoms with E-state index in [4.69, 9.17) is 28.3 Å². The van der Waals surface area contributed by atoms with Gasteiger partial charge in [-0.1, -0.05) is 29.3 Å². The van der Waals surface area contributed by atoms with Crippen molar-refractivity contribution < 1.29 is 5.11 Å². The zero-order valence-corrected chi connectivity index (χ0v) is 11.4. The Hall–Kier alpha value is -1.55. The molecule has 0 fully saturated rings. The van der Waals surface area contributed by atoms with Gasteiger partial charge >= 0.3 is 0 Å². The van der Waals surface area contributed by atoms with Crippen LogP contribution in [0.2, 0.25) is 10.0 Å². The lowest BCUT2D eigenvalue weighted by Gasteiger charge is -2.00. The number of halogens is 2. The van der Waals surface area contributed by atoms with Gasteiger partial charge in [0.05, 0.1) is 17.3 Å². The van der Waals surface area contributed by atoms with Crippen molar-refractivity contribution >= 4 is 28.8 Å². The second-order valence-corrected chi connectivity index (χ2v) is 5.05. The number of nitrogens with zero attached hydrogens (tertiary/aromatic N) is 2. The van der Waals surface area contributed by atoms with Gasteiger partial charge in [0.2, 0.25) is 0 Å². The maximum atomic E-state index is 9.13. The molecule has 2 aromatic heterocycles. The molecule has 1 aromatic carbocycles. The fourth-order valence-corrected chi connectivity index (χ4v) is 2.46. The molecule has 19 heavy (non-hydrogen) atoms. The number of fused-ring (bicyclic) bond motifs is 1. The summed E-state index contributed by atoms with van der Waals surface area (Å²) in [5.41, 5.74) is 3.24. The van der Waals surface area contributed by atoms with E-state index in [1.807, 2.05) is 35.0 Å². The molecule has 1 N–H and O–H groups in total. The van der Waals surface area contributed by atoms with Crippen molar-refractivity contribution in [3.8, 4) is 11.3 Å². The molecule has 0 saturated carbocycles. The number of hydrogen-bond acceptors (Lipinski definition) is 2. The Morgan fingerprint density at radius 3 is 2.68 bits per heavy atom. The molecule has 96 valence electrons. The van der Waals surface area contributed by atoms with Crippen molar-refractivity contribution in [2.24, 2.45) is 0 Å². The van der Waals surface area contributed by atoms with Gasteiger partial charge in [-0.2, -0.15) is 0 Å². The molecule has 0 saturated heterocycles. The summed E-state index contributed by atoms with van der Waals surface area (Å²) in [6.07, 6.45) is 3.72. The average molecular weight is 293 g/mol. The molecular formula is C14H10Cl2N2O. The smallest absolute Gasteiger partial charge is 0.137 e. The van der Waals surface area contributed by atoms with Gasteiger partial charge in [-0.05, 0) is 29.8 Å². The van der Waals surface area contributed by atoms with Crippen LogP contribution in [0.5, 0.6) is 0 Å². The number of hydrogen-bond donors (Lipinski definition) is 1. The molecule has 0 amide bonds. The van der Waals surface area contributed by atoms with Crippen LogP contribution < -0.4 is 0 Å². The van der Waals surface area contributed by atoms with Gasteiger partial charge in [-0.15, -0.1) is 0 Å². The highest BCUT2D eigenvalue weighted by atomic mass is 35.5. The standard InChI is InChI=1S/C14H10Cl2N2O/c15-10-2-3-11(12(16)5-10)13-7-18-6-9(8-19)1-4-14(18)17-13/h1-7,19H,8H2. The lowest BCUT2D eigenvalue weighted by molar-refractivity contribution is 0.281. The maximum Gasteiger partial charge on any atom is 0.137 e. The van der Waals surface area contributed by atoms with E-state index in [2.05, 4.69) is 4.98 Å². The Bertz CT molecular complexity index is 752. The molecule has 3 rings (SSSR count). The Morgan fingerprint density at radius 2 is 1.95 bits per heavy atom. The fraction of sp³-hybridized carbons (Fsp3) is 0.0714. The van der Waals surface area contributed by atoms with Gasteiger partial charge in [0, 0.05) is 23.0 Å². The summed E-state index contributed by atoms with van der Waals surface area (Å²) in [5, 5.41) is 10.3. The van der Waals surface area contributed by atoms with Crippen molar-refractivity contribution in [3.63, 3.8) is 0 Å². The van der Waals surface area contributed by atoms with Gasteiger partial charge in [0.25, 0.3) is 0 Å². The second kappa shape index (κ2) is 4.85. The van der Waals surface area contributed by atoms with E-state index in [0.29, 0.717) is 10.0 Å². The third kappa shape index (κ3) is 2.32. The molecule has 5 heteroatoms. The first-order valence-corrected chi connectivity index (χ1v) is 6.47. The quantitative estimate of drug-likeness (QED) is 0.780. The molecule has 0 unspecified atom stereocenters. The van der Waals surface area contributed by atoms with E-state index in [1.54, 1.807) is 12.1 Å². The van der Waals surface area contributed by atoms with Crippen molar-refractivity contribution in [3.05, 3.63) is 58.3 Å². The average Bonchev–Trinajstić information content (AvgIpc) is 2.80. The van der Waals surface area contributed by atoms with Crippen molar-refractivity contribution in [1.29, 1.82) is 0 Å². The highest BCUT2D eigenvalue weighted by Gasteiger charge is 2.09. The summed E-state index contributed by atoms with van der Waals surface area (Å²) < 4.78 is 1.87. The Balaban J connectivity index is 2.14. The van der Waals surface area contributed by atoms with E-state index < -0.39 is 0 Å². The van der Waals surface area contributed by atoms with Gasteiger partial charge in [-0.3, -0.25) is 0 Å². The van der Waals surface area contributed by atoms with Crippen LogP contribution in [0.15, 0.2) is 42.7 Å². The molecule has 3 aromatic rings. The van der Waals surface area contributed by atoms with Crippen molar-refractivity contribution in [2.45, 2.75) is 6.61 Å². The first-order chi connectivity index (χ1) is 9.17. The summed E-state index contributed by atoms with van der Waals surface area (Å²) in [6, 6.07) is 9.03. The minimum Gasteiger partial charge on any atom is -0.392 e. The third-order valence-corrected chi connectivity index (χ3v) is 3.45. The second-order valence-electron chi connectivity index (χ2n) is 4.21. The molecule has 0 atom stereocenters. The topological polar surface area (TPSA) is 37.5 Å². The Kier molecular flexibility index (Phi) is 3.19. The Morgan fingerprint density at radius 1 is 1.11 bits per heavy atom. The predicted octanol–water partition coefficient (Wildman–Crippen LogP) is 3.80. The van der Waals surface area contributed by atoms with Crippen molar-refractivity contribution in [2.75, 3.05) is 0 Å². The van der Waals surface area contributed by atoms with Gasteiger partial charge in [0.1, 0.15) is 5.65 Å². The fourth-order valence-electron chi connectivity index (χ4n) is 1.96. The summed E-state index contributed by atoms with van der Waals surface area (Å²) in [7, 11) is 0. The molecule has 0 bridgehead atoms. The number of benzene rings is 1. The summed E-state index contributed by atoms with van der Waals surface area (Å²) >= 11 is 12.1. The molecule has 0 aliphatic heterocycles. The van der Waals surface area contributed by atoms with E-state index in [-0.39, 0.29) is 6.61 Å². The first kappa shape index (κ1) is 12.5. The molecule has 0 radical (unpaired) electrons. The minimum atomic E-state index is 0.00511. The minimum absolute atomic E-state index is 0.00511. The van der Waals surface area contributed by atoms with Gasteiger partial charge in [-0.25, -0.2) is 4.98 Å². The zero-order valence-electron chi connectivity index (χ0n) is 9.85. The predicted molar refractivity (Wildman–Crippen MR) is 76.6 cm³/mol. The van der Waals surface area contributed by atoms with Crippen LogP contribution in [-0.2, 0) is 6.61 Å². The van der Waals surface area contributed by atoms with Gasteiger partial charge in [0.15, 0.2) is 0 Å². The summed E-state index contributed by atoms with van der Waals surface area (Å²) in [6.45, 7) is 0.00511. The highest BCUT2D eigenvalue weighted by molar-refractivity contribution is 6.36. The highest BCUT2D eigenvalue weighted by Crippen LogP contribution is 2.29. The Labute approximate surface area is 120 Å². The molecule has 0 aliphatic carbocycles. The van der Waals surface area contributed by atoms with Crippen LogP contribution in [-0.4, -0.2) is 14.5 Å². The summed E-state index contributed by atoms with van der Waals surface area (Å²) in [4.78, 5) is 4.50. The number of rotatable bonds is 2. The summed E-state index contributed by atoms with van der Waals surface area (Å²) in [5.74, 6) is 0. The van der Waals surface area contributed by atoms with Gasteiger partial charge < -0.3 is 9.51 Å². The van der Waals surface area contributed by atoms with E-state index in [9.17, 15) is 0 Å². The van der Waals surface area contributed by atoms with Crippen LogP contribution in [0, 0.1) is 0 Å². The van der Waals surface area contributed by atoms with Crippen LogP contribution in [0.25, 0.3) is 16.9 Å². The molecule has 2 heterocycles. The number of aliphatic hydroxyl groups is 1. The van der Waals surface area contributed by atoms with E-state index >= 15 is 0 Å². The lowest BCUT2D eigenvalue weighted by Crippen LogP contribution is -1.88. The molecule has 0 spiro atoms.